The second-order valence-corrected chi connectivity index (χ2v) is 5.47. The van der Waals surface area contributed by atoms with Crippen LogP contribution in [0.4, 0.5) is 5.69 Å². The van der Waals surface area contributed by atoms with Gasteiger partial charge in [0.25, 0.3) is 11.8 Å². The summed E-state index contributed by atoms with van der Waals surface area (Å²) in [6.45, 7) is 1.93. The van der Waals surface area contributed by atoms with E-state index in [2.05, 4.69) is 5.43 Å². The molecule has 0 aliphatic carbocycles. The molecule has 1 saturated heterocycles. The number of carbonyl (C=O) groups is 2. The molecule has 0 bridgehead atoms. The highest BCUT2D eigenvalue weighted by Gasteiger charge is 2.34. The van der Waals surface area contributed by atoms with E-state index in [1.165, 1.54) is 5.01 Å². The first kappa shape index (κ1) is 14.4. The van der Waals surface area contributed by atoms with Crippen molar-refractivity contribution in [1.82, 2.24) is 5.43 Å². The van der Waals surface area contributed by atoms with Crippen LogP contribution in [0.5, 0.6) is 0 Å². The van der Waals surface area contributed by atoms with Crippen molar-refractivity contribution in [2.45, 2.75) is 6.92 Å². The van der Waals surface area contributed by atoms with Crippen LogP contribution in [0.3, 0.4) is 0 Å². The highest BCUT2D eigenvalue weighted by atomic mass is 35.5. The minimum absolute atomic E-state index is 0.101. The summed E-state index contributed by atoms with van der Waals surface area (Å²) in [4.78, 5) is 24.5. The van der Waals surface area contributed by atoms with Gasteiger partial charge in [-0.05, 0) is 48.4 Å². The van der Waals surface area contributed by atoms with Crippen molar-refractivity contribution in [1.29, 1.82) is 0 Å². The van der Waals surface area contributed by atoms with E-state index in [0.717, 1.165) is 11.1 Å². The normalized spacial score (nSPS) is 16.3. The molecule has 4 nitrogen and oxygen atoms in total. The molecular weight excluding hydrogens is 300 g/mol. The predicted octanol–water partition coefficient (Wildman–Crippen LogP) is 3.11. The molecule has 22 heavy (non-hydrogen) atoms. The summed E-state index contributed by atoms with van der Waals surface area (Å²) in [5, 5.41) is 1.86. The van der Waals surface area contributed by atoms with E-state index in [-0.39, 0.29) is 11.5 Å². The molecule has 0 aromatic heterocycles. The van der Waals surface area contributed by atoms with Crippen molar-refractivity contribution in [2.24, 2.45) is 0 Å². The Balaban J connectivity index is 1.93. The van der Waals surface area contributed by atoms with Gasteiger partial charge < -0.3 is 0 Å². The van der Waals surface area contributed by atoms with Crippen LogP contribution in [0.2, 0.25) is 5.02 Å². The van der Waals surface area contributed by atoms with Crippen molar-refractivity contribution < 1.29 is 9.59 Å². The van der Waals surface area contributed by atoms with E-state index in [0.29, 0.717) is 10.7 Å². The maximum atomic E-state index is 12.4. The first-order chi connectivity index (χ1) is 10.5. The average molecular weight is 313 g/mol. The number of halogens is 1. The summed E-state index contributed by atoms with van der Waals surface area (Å²) in [6.07, 6.45) is 1.56. The zero-order valence-corrected chi connectivity index (χ0v) is 12.6. The van der Waals surface area contributed by atoms with E-state index in [1.807, 2.05) is 25.1 Å². The van der Waals surface area contributed by atoms with Crippen LogP contribution < -0.4 is 10.4 Å². The van der Waals surface area contributed by atoms with Crippen molar-refractivity contribution in [3.8, 4) is 0 Å². The fraction of sp³-hybridized carbons (Fsp3) is 0.0588. The maximum Gasteiger partial charge on any atom is 0.282 e. The molecule has 2 amide bonds. The quantitative estimate of drug-likeness (QED) is 0.684. The Hall–Kier alpha value is -2.59. The fourth-order valence-corrected chi connectivity index (χ4v) is 2.36. The Kier molecular flexibility index (Phi) is 3.69. The summed E-state index contributed by atoms with van der Waals surface area (Å²) in [5.41, 5.74) is 5.07. The predicted molar refractivity (Wildman–Crippen MR) is 86.2 cm³/mol. The van der Waals surface area contributed by atoms with Crippen molar-refractivity contribution >= 4 is 35.2 Å². The van der Waals surface area contributed by atoms with E-state index in [9.17, 15) is 9.59 Å². The number of benzene rings is 2. The molecule has 5 heteroatoms. The number of nitrogens with zero attached hydrogens (tertiary/aromatic N) is 1. The second kappa shape index (κ2) is 5.66. The van der Waals surface area contributed by atoms with E-state index >= 15 is 0 Å². The highest BCUT2D eigenvalue weighted by molar-refractivity contribution is 6.32. The minimum Gasteiger partial charge on any atom is -0.267 e. The number of amides is 2. The van der Waals surface area contributed by atoms with Crippen LogP contribution >= 0.6 is 11.6 Å². The zero-order valence-electron chi connectivity index (χ0n) is 11.8. The molecule has 2 aromatic carbocycles. The van der Waals surface area contributed by atoms with Gasteiger partial charge in [-0.3, -0.25) is 15.0 Å². The molecule has 0 radical (unpaired) electrons. The number of nitrogens with one attached hydrogen (secondary N) is 1. The lowest BCUT2D eigenvalue weighted by molar-refractivity contribution is -0.117. The van der Waals surface area contributed by atoms with Gasteiger partial charge in [-0.15, -0.1) is 0 Å². The standard InChI is InChI=1S/C17H13ClN2O2/c1-11-3-2-4-14(9-11)20-17(22)15(16(21)19-20)10-12-5-7-13(18)8-6-12/h2-10H,1H3,(H,19,21). The number of hydrazine groups is 1. The van der Waals surface area contributed by atoms with Crippen molar-refractivity contribution in [3.63, 3.8) is 0 Å². The molecule has 1 N–H and O–H groups in total. The lowest BCUT2D eigenvalue weighted by Gasteiger charge is -2.14. The van der Waals surface area contributed by atoms with E-state index in [4.69, 9.17) is 11.6 Å². The Bertz CT molecular complexity index is 782. The van der Waals surface area contributed by atoms with Crippen LogP contribution in [-0.2, 0) is 9.59 Å². The Labute approximate surface area is 133 Å². The van der Waals surface area contributed by atoms with Crippen LogP contribution in [0, 0.1) is 6.92 Å². The molecule has 1 aliphatic heterocycles. The smallest absolute Gasteiger partial charge is 0.267 e. The van der Waals surface area contributed by atoms with Crippen LogP contribution in [-0.4, -0.2) is 11.8 Å². The van der Waals surface area contributed by atoms with Gasteiger partial charge in [-0.25, -0.2) is 5.01 Å². The molecule has 0 saturated carbocycles. The number of rotatable bonds is 2. The topological polar surface area (TPSA) is 49.4 Å². The molecule has 1 heterocycles. The first-order valence-electron chi connectivity index (χ1n) is 6.74. The molecule has 2 aromatic rings. The van der Waals surface area contributed by atoms with Crippen LogP contribution in [0.15, 0.2) is 54.1 Å². The molecule has 0 atom stereocenters. The summed E-state index contributed by atoms with van der Waals surface area (Å²) in [5.74, 6) is -0.785. The largest absolute Gasteiger partial charge is 0.282 e. The van der Waals surface area contributed by atoms with Gasteiger partial charge in [-0.1, -0.05) is 35.9 Å². The van der Waals surface area contributed by atoms with E-state index < -0.39 is 5.91 Å². The van der Waals surface area contributed by atoms with E-state index in [1.54, 1.807) is 36.4 Å². The molecule has 1 fully saturated rings. The van der Waals surface area contributed by atoms with Gasteiger partial charge in [0.2, 0.25) is 0 Å². The SMILES string of the molecule is Cc1cccc(N2NC(=O)C(=Cc3ccc(Cl)cc3)C2=O)c1. The number of hydrogen-bond acceptors (Lipinski definition) is 2. The lowest BCUT2D eigenvalue weighted by Crippen LogP contribution is -2.35. The number of anilines is 1. The summed E-state index contributed by atoms with van der Waals surface area (Å²) >= 11 is 5.83. The third-order valence-electron chi connectivity index (χ3n) is 3.33. The van der Waals surface area contributed by atoms with Crippen molar-refractivity contribution in [3.05, 3.63) is 70.3 Å². The summed E-state index contributed by atoms with van der Waals surface area (Å²) in [6, 6.07) is 14.3. The van der Waals surface area contributed by atoms with Gasteiger partial charge in [0, 0.05) is 5.02 Å². The first-order valence-corrected chi connectivity index (χ1v) is 7.12. The Morgan fingerprint density at radius 3 is 2.50 bits per heavy atom. The number of aryl methyl sites for hydroxylation is 1. The second-order valence-electron chi connectivity index (χ2n) is 5.03. The Morgan fingerprint density at radius 1 is 1.09 bits per heavy atom. The fourth-order valence-electron chi connectivity index (χ4n) is 2.23. The molecule has 1 aliphatic rings. The van der Waals surface area contributed by atoms with Gasteiger partial charge in [0.15, 0.2) is 0 Å². The third-order valence-corrected chi connectivity index (χ3v) is 3.58. The van der Waals surface area contributed by atoms with Gasteiger partial charge >= 0.3 is 0 Å². The van der Waals surface area contributed by atoms with Gasteiger partial charge in [0.1, 0.15) is 5.57 Å². The lowest BCUT2D eigenvalue weighted by atomic mass is 10.1. The highest BCUT2D eigenvalue weighted by Crippen LogP contribution is 2.22. The summed E-state index contributed by atoms with van der Waals surface area (Å²) in [7, 11) is 0. The molecule has 0 spiro atoms. The molecule has 0 unspecified atom stereocenters. The van der Waals surface area contributed by atoms with Gasteiger partial charge in [0.05, 0.1) is 5.69 Å². The number of carbonyl (C=O) groups excluding carboxylic acids is 2. The van der Waals surface area contributed by atoms with Gasteiger partial charge in [-0.2, -0.15) is 0 Å². The summed E-state index contributed by atoms with van der Waals surface area (Å²) < 4.78 is 0. The molecule has 110 valence electrons. The van der Waals surface area contributed by atoms with Crippen LogP contribution in [0.25, 0.3) is 6.08 Å². The Morgan fingerprint density at radius 2 is 1.82 bits per heavy atom. The average Bonchev–Trinajstić information content (AvgIpc) is 2.77. The zero-order chi connectivity index (χ0) is 15.7. The monoisotopic (exact) mass is 312 g/mol. The molecule has 3 rings (SSSR count). The van der Waals surface area contributed by atoms with Crippen LogP contribution in [0.1, 0.15) is 11.1 Å². The minimum atomic E-state index is -0.415. The molecular formula is C17H13ClN2O2. The van der Waals surface area contributed by atoms with Crippen molar-refractivity contribution in [2.75, 3.05) is 5.01 Å². The number of hydrogen-bond donors (Lipinski definition) is 1. The maximum absolute atomic E-state index is 12.4. The third kappa shape index (κ3) is 2.73.